The quantitative estimate of drug-likeness (QED) is 0.383. The molecule has 3 aromatic carbocycles. The number of fused-ring (bicyclic) bond motifs is 3. The van der Waals surface area contributed by atoms with Crippen molar-refractivity contribution in [3.63, 3.8) is 0 Å². The number of ether oxygens (including phenoxy) is 2. The summed E-state index contributed by atoms with van der Waals surface area (Å²) in [5.74, 6) is 0.576. The molecule has 8 nitrogen and oxygen atoms in total. The second-order valence-electron chi connectivity index (χ2n) is 10.3. The summed E-state index contributed by atoms with van der Waals surface area (Å²) < 4.78 is 35.5. The minimum absolute atomic E-state index is 0.0197. The second-order valence-corrected chi connectivity index (χ2v) is 12.3. The molecule has 2 N–H and O–H groups in total. The summed E-state index contributed by atoms with van der Waals surface area (Å²) in [5.41, 5.74) is 3.09. The van der Waals surface area contributed by atoms with Gasteiger partial charge in [0.15, 0.2) is 9.84 Å². The Morgan fingerprint density at radius 3 is 2.26 bits per heavy atom. The third-order valence-electron chi connectivity index (χ3n) is 8.01. The van der Waals surface area contributed by atoms with Crippen LogP contribution in [-0.2, 0) is 21.1 Å². The van der Waals surface area contributed by atoms with Crippen LogP contribution >= 0.6 is 0 Å². The van der Waals surface area contributed by atoms with Gasteiger partial charge >= 0.3 is 6.16 Å². The molecular formula is C30H34N2O6S. The van der Waals surface area contributed by atoms with Crippen LogP contribution in [0.4, 0.5) is 4.79 Å². The lowest BCUT2D eigenvalue weighted by Gasteiger charge is -2.56. The molecule has 1 unspecified atom stereocenters. The minimum atomic E-state index is -3.40. The van der Waals surface area contributed by atoms with Crippen molar-refractivity contribution in [2.75, 3.05) is 26.5 Å². The molecule has 206 valence electrons. The Kier molecular flexibility index (Phi) is 7.93. The topological polar surface area (TPSA) is 105 Å². The molecule has 39 heavy (non-hydrogen) atoms. The van der Waals surface area contributed by atoms with E-state index in [-0.39, 0.29) is 28.8 Å². The van der Waals surface area contributed by atoms with E-state index in [4.69, 9.17) is 9.47 Å². The highest BCUT2D eigenvalue weighted by Crippen LogP contribution is 2.43. The summed E-state index contributed by atoms with van der Waals surface area (Å²) in [6.07, 6.45) is 0.256. The fourth-order valence-electron chi connectivity index (χ4n) is 6.32. The number of carboxylic acid groups (broad SMARTS) is 1. The van der Waals surface area contributed by atoms with Crippen molar-refractivity contribution in [1.29, 1.82) is 0 Å². The summed E-state index contributed by atoms with van der Waals surface area (Å²) in [4.78, 5) is 14.1. The zero-order valence-corrected chi connectivity index (χ0v) is 22.9. The first-order valence-corrected chi connectivity index (χ1v) is 15.0. The lowest BCUT2D eigenvalue weighted by atomic mass is 9.69. The molecule has 0 saturated carbocycles. The van der Waals surface area contributed by atoms with Gasteiger partial charge in [-0.1, -0.05) is 60.7 Å². The van der Waals surface area contributed by atoms with E-state index in [1.54, 1.807) is 25.3 Å². The summed E-state index contributed by atoms with van der Waals surface area (Å²) in [7, 11) is -1.83. The Bertz CT molecular complexity index is 1360. The monoisotopic (exact) mass is 550 g/mol. The van der Waals surface area contributed by atoms with Crippen LogP contribution in [0, 0.1) is 5.92 Å². The van der Waals surface area contributed by atoms with E-state index in [1.165, 1.54) is 17.4 Å². The van der Waals surface area contributed by atoms with Crippen molar-refractivity contribution < 1.29 is 27.8 Å². The Balaban J connectivity index is 1.55. The minimum Gasteiger partial charge on any atom is -0.496 e. The zero-order valence-electron chi connectivity index (χ0n) is 22.1. The van der Waals surface area contributed by atoms with Gasteiger partial charge in [0, 0.05) is 48.8 Å². The molecule has 3 aliphatic heterocycles. The Morgan fingerprint density at radius 1 is 1.05 bits per heavy atom. The number of rotatable bonds is 9. The van der Waals surface area contributed by atoms with Gasteiger partial charge in [0.2, 0.25) is 0 Å². The summed E-state index contributed by atoms with van der Waals surface area (Å²) >= 11 is 0. The fraction of sp³-hybridized carbons (Fsp3) is 0.367. The van der Waals surface area contributed by atoms with E-state index in [1.807, 2.05) is 36.4 Å². The predicted molar refractivity (Wildman–Crippen MR) is 148 cm³/mol. The van der Waals surface area contributed by atoms with Crippen molar-refractivity contribution in [2.24, 2.45) is 5.92 Å². The maximum Gasteiger partial charge on any atom is 0.506 e. The number of benzene rings is 3. The number of piperidine rings is 3. The van der Waals surface area contributed by atoms with Crippen molar-refractivity contribution in [1.82, 2.24) is 10.2 Å². The van der Waals surface area contributed by atoms with Crippen molar-refractivity contribution in [2.45, 2.75) is 42.0 Å². The lowest BCUT2D eigenvalue weighted by molar-refractivity contribution is -0.0951. The van der Waals surface area contributed by atoms with Gasteiger partial charge in [0.1, 0.15) is 11.9 Å². The van der Waals surface area contributed by atoms with Gasteiger partial charge in [-0.25, -0.2) is 13.2 Å². The highest BCUT2D eigenvalue weighted by atomic mass is 32.2. The van der Waals surface area contributed by atoms with Crippen molar-refractivity contribution >= 4 is 16.0 Å². The van der Waals surface area contributed by atoms with Crippen LogP contribution in [0.5, 0.6) is 5.75 Å². The number of hydrogen-bond donors (Lipinski definition) is 2. The average Bonchev–Trinajstić information content (AvgIpc) is 2.93. The van der Waals surface area contributed by atoms with Crippen LogP contribution in [0.3, 0.4) is 0 Å². The van der Waals surface area contributed by atoms with E-state index >= 15 is 0 Å². The number of sulfone groups is 1. The molecule has 0 aromatic heterocycles. The molecular weight excluding hydrogens is 516 g/mol. The molecule has 2 bridgehead atoms. The third kappa shape index (κ3) is 5.80. The molecule has 3 aliphatic rings. The molecule has 0 amide bonds. The van der Waals surface area contributed by atoms with E-state index < -0.39 is 22.1 Å². The Labute approximate surface area is 229 Å². The van der Waals surface area contributed by atoms with E-state index in [2.05, 4.69) is 34.5 Å². The SMILES string of the molecule is COc1ccc(S(C)(=O)=O)cc1CN[C@H]1[C@@H]2CCN(C[C@@H]2OC(=O)O)[C@H]1C(c1ccccc1)c1ccccc1. The largest absolute Gasteiger partial charge is 0.506 e. The van der Waals surface area contributed by atoms with Crippen LogP contribution in [0.2, 0.25) is 0 Å². The number of nitrogens with zero attached hydrogens (tertiary/aromatic N) is 1. The van der Waals surface area contributed by atoms with Crippen LogP contribution in [0.15, 0.2) is 83.8 Å². The van der Waals surface area contributed by atoms with Crippen LogP contribution in [0.1, 0.15) is 29.0 Å². The molecule has 3 fully saturated rings. The second kappa shape index (κ2) is 11.4. The number of hydrogen-bond acceptors (Lipinski definition) is 7. The van der Waals surface area contributed by atoms with E-state index in [0.717, 1.165) is 18.5 Å². The molecule has 9 heteroatoms. The highest BCUT2D eigenvalue weighted by molar-refractivity contribution is 7.90. The first kappa shape index (κ1) is 27.2. The fourth-order valence-corrected chi connectivity index (χ4v) is 7.00. The highest BCUT2D eigenvalue weighted by Gasteiger charge is 2.51. The maximum atomic E-state index is 12.3. The summed E-state index contributed by atoms with van der Waals surface area (Å²) in [6.45, 7) is 1.73. The van der Waals surface area contributed by atoms with Crippen LogP contribution < -0.4 is 10.1 Å². The first-order valence-electron chi connectivity index (χ1n) is 13.1. The number of nitrogens with one attached hydrogen (secondary N) is 1. The predicted octanol–water partition coefficient (Wildman–Crippen LogP) is 4.16. The number of methoxy groups -OCH3 is 1. The maximum absolute atomic E-state index is 12.3. The Morgan fingerprint density at radius 2 is 1.69 bits per heavy atom. The van der Waals surface area contributed by atoms with Crippen molar-refractivity contribution in [3.8, 4) is 5.75 Å². The number of carbonyl (C=O) groups is 1. The molecule has 3 heterocycles. The zero-order chi connectivity index (χ0) is 27.6. The van der Waals surface area contributed by atoms with E-state index in [9.17, 15) is 18.3 Å². The van der Waals surface area contributed by atoms with Gasteiger partial charge in [-0.15, -0.1) is 0 Å². The Hall–Kier alpha value is -3.40. The van der Waals surface area contributed by atoms with Gasteiger partial charge in [-0.05, 0) is 42.3 Å². The molecule has 5 atom stereocenters. The van der Waals surface area contributed by atoms with E-state index in [0.29, 0.717) is 18.8 Å². The first-order chi connectivity index (χ1) is 18.8. The molecule has 3 aromatic rings. The normalized spacial score (nSPS) is 24.4. The van der Waals surface area contributed by atoms with Gasteiger partial charge < -0.3 is 19.9 Å². The standard InChI is InChI=1S/C30H34N2O6S/c1-37-25-14-13-23(39(2,35)36)17-22(25)18-31-28-24-15-16-32(19-26(24)38-30(33)34)29(28)27(20-9-5-3-6-10-20)21-11-7-4-8-12-21/h3-14,17,24,26-29,31H,15-16,18-19H2,1-2H3,(H,33,34)/t24-,26+,28+,29+/m1/s1. The smallest absolute Gasteiger partial charge is 0.496 e. The van der Waals surface area contributed by atoms with Gasteiger partial charge in [0.05, 0.1) is 12.0 Å². The third-order valence-corrected chi connectivity index (χ3v) is 9.12. The van der Waals surface area contributed by atoms with Crippen molar-refractivity contribution in [3.05, 3.63) is 95.6 Å². The summed E-state index contributed by atoms with van der Waals surface area (Å²) in [6, 6.07) is 25.5. The molecule has 0 radical (unpaired) electrons. The summed E-state index contributed by atoms with van der Waals surface area (Å²) in [5, 5.41) is 13.2. The lowest BCUT2D eigenvalue weighted by Crippen LogP contribution is -2.69. The average molecular weight is 551 g/mol. The van der Waals surface area contributed by atoms with Crippen LogP contribution in [0.25, 0.3) is 0 Å². The van der Waals surface area contributed by atoms with Gasteiger partial charge in [0.25, 0.3) is 0 Å². The van der Waals surface area contributed by atoms with Crippen LogP contribution in [-0.4, -0.2) is 69.2 Å². The molecule has 6 rings (SSSR count). The van der Waals surface area contributed by atoms with Gasteiger partial charge in [-0.2, -0.15) is 0 Å². The molecule has 0 spiro atoms. The molecule has 3 saturated heterocycles. The molecule has 0 aliphatic carbocycles. The van der Waals surface area contributed by atoms with Gasteiger partial charge in [-0.3, -0.25) is 4.90 Å².